The minimum absolute atomic E-state index is 0.406. The molecule has 0 radical (unpaired) electrons. The van der Waals surface area contributed by atoms with Crippen LogP contribution in [0.4, 0.5) is 5.69 Å². The van der Waals surface area contributed by atoms with Crippen LogP contribution in [-0.4, -0.2) is 8.42 Å². The third-order valence-corrected chi connectivity index (χ3v) is 2.72. The van der Waals surface area contributed by atoms with Gasteiger partial charge < -0.3 is 0 Å². The summed E-state index contributed by atoms with van der Waals surface area (Å²) < 4.78 is 24.8. The fourth-order valence-electron chi connectivity index (χ4n) is 0.783. The van der Waals surface area contributed by atoms with Gasteiger partial charge in [-0.2, -0.15) is 5.26 Å². The minimum atomic E-state index is -3.77. The van der Waals surface area contributed by atoms with Crippen molar-refractivity contribution < 1.29 is 8.42 Å². The lowest BCUT2D eigenvalue weighted by molar-refractivity contribution is 0.608. The highest BCUT2D eigenvalue weighted by molar-refractivity contribution is 7.96. The van der Waals surface area contributed by atoms with Crippen molar-refractivity contribution in [2.75, 3.05) is 4.72 Å². The smallest absolute Gasteiger partial charge is 0.271 e. The van der Waals surface area contributed by atoms with Crippen LogP contribution >= 0.6 is 0 Å². The molecule has 0 unspecified atom stereocenters. The van der Waals surface area contributed by atoms with Gasteiger partial charge in [-0.05, 0) is 12.1 Å². The molecule has 0 saturated carbocycles. The van der Waals surface area contributed by atoms with E-state index in [1.54, 1.807) is 30.3 Å². The number of nitrogens with zero attached hydrogens (tertiary/aromatic N) is 1. The second-order valence-corrected chi connectivity index (χ2v) is 4.21. The van der Waals surface area contributed by atoms with Crippen LogP contribution in [0.3, 0.4) is 0 Å². The van der Waals surface area contributed by atoms with Gasteiger partial charge in [0.1, 0.15) is 6.07 Å². The van der Waals surface area contributed by atoms with Crippen molar-refractivity contribution in [1.29, 1.82) is 5.26 Å². The van der Waals surface area contributed by atoms with Gasteiger partial charge >= 0.3 is 0 Å². The molecule has 0 saturated heterocycles. The number of nitrogens with one attached hydrogen (secondary N) is 1. The number of nitriles is 1. The van der Waals surface area contributed by atoms with Gasteiger partial charge in [-0.3, -0.25) is 4.72 Å². The molecular weight excluding hydrogens is 200 g/mol. The number of anilines is 1. The summed E-state index contributed by atoms with van der Waals surface area (Å²) in [5.74, 6) is 0. The van der Waals surface area contributed by atoms with E-state index in [1.165, 1.54) is 6.07 Å². The van der Waals surface area contributed by atoms with Gasteiger partial charge in [0.15, 0.2) is 4.91 Å². The molecule has 0 amide bonds. The first-order valence-electron chi connectivity index (χ1n) is 3.73. The molecule has 0 aliphatic heterocycles. The Morgan fingerprint density at radius 2 is 1.93 bits per heavy atom. The van der Waals surface area contributed by atoms with Crippen molar-refractivity contribution in [3.63, 3.8) is 0 Å². The van der Waals surface area contributed by atoms with Crippen molar-refractivity contribution in [3.8, 4) is 6.07 Å². The zero-order valence-corrected chi connectivity index (χ0v) is 8.08. The van der Waals surface area contributed by atoms with Crippen LogP contribution < -0.4 is 4.72 Å². The van der Waals surface area contributed by atoms with E-state index in [1.807, 2.05) is 0 Å². The molecule has 0 aliphatic carbocycles. The molecule has 72 valence electrons. The molecule has 1 N–H and O–H groups in total. The second-order valence-electron chi connectivity index (χ2n) is 2.51. The lowest BCUT2D eigenvalue weighted by atomic mass is 10.3. The summed E-state index contributed by atoms with van der Waals surface area (Å²) in [4.78, 5) is -0.499. The van der Waals surface area contributed by atoms with Crippen LogP contribution in [0.25, 0.3) is 0 Å². The number of para-hydroxylation sites is 1. The number of sulfonamides is 1. The van der Waals surface area contributed by atoms with Gasteiger partial charge in [-0.25, -0.2) is 8.42 Å². The summed E-state index contributed by atoms with van der Waals surface area (Å²) in [6, 6.07) is 9.79. The molecule has 1 aromatic carbocycles. The van der Waals surface area contributed by atoms with E-state index in [-0.39, 0.29) is 0 Å². The first-order chi connectivity index (χ1) is 6.56. The maximum absolute atomic E-state index is 11.3. The molecule has 5 heteroatoms. The molecule has 0 heterocycles. The molecule has 0 spiro atoms. The fourth-order valence-corrected chi connectivity index (χ4v) is 1.47. The molecule has 4 nitrogen and oxygen atoms in total. The number of benzene rings is 1. The van der Waals surface area contributed by atoms with Crippen LogP contribution in [0.2, 0.25) is 0 Å². The lowest BCUT2D eigenvalue weighted by Crippen LogP contribution is -2.13. The maximum Gasteiger partial charge on any atom is 0.271 e. The zero-order valence-electron chi connectivity index (χ0n) is 7.27. The summed E-state index contributed by atoms with van der Waals surface area (Å²) >= 11 is 0. The largest absolute Gasteiger partial charge is 0.279 e. The number of allylic oxidation sites excluding steroid dienone is 1. The van der Waals surface area contributed by atoms with Crippen molar-refractivity contribution in [1.82, 2.24) is 0 Å². The Labute approximate surface area is 82.5 Å². The van der Waals surface area contributed by atoms with E-state index in [2.05, 4.69) is 11.3 Å². The Hall–Kier alpha value is -1.80. The highest BCUT2D eigenvalue weighted by Crippen LogP contribution is 2.11. The summed E-state index contributed by atoms with van der Waals surface area (Å²) in [6.07, 6.45) is 0. The molecule has 0 fully saturated rings. The minimum Gasteiger partial charge on any atom is -0.279 e. The van der Waals surface area contributed by atoms with Crippen LogP contribution in [0.5, 0.6) is 0 Å². The van der Waals surface area contributed by atoms with E-state index in [9.17, 15) is 8.42 Å². The van der Waals surface area contributed by atoms with E-state index < -0.39 is 14.9 Å². The topological polar surface area (TPSA) is 70.0 Å². The molecule has 1 rings (SSSR count). The highest BCUT2D eigenvalue weighted by atomic mass is 32.2. The molecule has 1 aromatic rings. The third kappa shape index (κ3) is 2.34. The predicted octanol–water partition coefficient (Wildman–Crippen LogP) is 1.47. The average Bonchev–Trinajstić information content (AvgIpc) is 2.17. The molecular formula is C9H8N2O2S. The SMILES string of the molecule is C=C(C#N)S(=O)(=O)Nc1ccccc1. The second kappa shape index (κ2) is 3.94. The lowest BCUT2D eigenvalue weighted by Gasteiger charge is -2.04. The average molecular weight is 208 g/mol. The Morgan fingerprint density at radius 3 is 2.43 bits per heavy atom. The number of hydrogen-bond acceptors (Lipinski definition) is 3. The van der Waals surface area contributed by atoms with Gasteiger partial charge in [0.25, 0.3) is 10.0 Å². The summed E-state index contributed by atoms with van der Waals surface area (Å²) in [7, 11) is -3.77. The van der Waals surface area contributed by atoms with Crippen LogP contribution in [0, 0.1) is 11.3 Å². The molecule has 14 heavy (non-hydrogen) atoms. The third-order valence-electron chi connectivity index (χ3n) is 1.48. The van der Waals surface area contributed by atoms with Gasteiger partial charge in [-0.15, -0.1) is 0 Å². The highest BCUT2D eigenvalue weighted by Gasteiger charge is 2.14. The summed E-state index contributed by atoms with van der Waals surface area (Å²) in [5.41, 5.74) is 0.406. The zero-order chi connectivity index (χ0) is 10.6. The van der Waals surface area contributed by atoms with Gasteiger partial charge in [0.2, 0.25) is 0 Å². The Balaban J connectivity index is 2.92. The number of hydrogen-bond donors (Lipinski definition) is 1. The van der Waals surface area contributed by atoms with Crippen molar-refractivity contribution in [2.45, 2.75) is 0 Å². The van der Waals surface area contributed by atoms with Gasteiger partial charge in [0.05, 0.1) is 0 Å². The monoisotopic (exact) mass is 208 g/mol. The standard InChI is InChI=1S/C9H8N2O2S/c1-8(7-10)14(12,13)11-9-5-3-2-4-6-9/h2-6,11H,1H2. The van der Waals surface area contributed by atoms with Gasteiger partial charge in [-0.1, -0.05) is 24.8 Å². The normalized spacial score (nSPS) is 10.2. The van der Waals surface area contributed by atoms with E-state index in [0.29, 0.717) is 5.69 Å². The van der Waals surface area contributed by atoms with E-state index in [4.69, 9.17) is 5.26 Å². The Morgan fingerprint density at radius 1 is 1.36 bits per heavy atom. The predicted molar refractivity (Wildman–Crippen MR) is 53.7 cm³/mol. The molecule has 0 bridgehead atoms. The van der Waals surface area contributed by atoms with Crippen molar-refractivity contribution in [2.24, 2.45) is 0 Å². The Bertz CT molecular complexity index is 471. The molecule has 0 atom stereocenters. The molecule has 0 aromatic heterocycles. The first-order valence-corrected chi connectivity index (χ1v) is 5.21. The first kappa shape index (κ1) is 10.3. The van der Waals surface area contributed by atoms with Crippen LogP contribution in [0.15, 0.2) is 41.8 Å². The Kier molecular flexibility index (Phi) is 2.89. The quantitative estimate of drug-likeness (QED) is 0.764. The molecule has 0 aliphatic rings. The van der Waals surface area contributed by atoms with E-state index >= 15 is 0 Å². The summed E-state index contributed by atoms with van der Waals surface area (Å²) in [5, 5.41) is 8.38. The van der Waals surface area contributed by atoms with E-state index in [0.717, 1.165) is 0 Å². The number of rotatable bonds is 3. The van der Waals surface area contributed by atoms with Crippen LogP contribution in [0.1, 0.15) is 0 Å². The fraction of sp³-hybridized carbons (Fsp3) is 0. The van der Waals surface area contributed by atoms with Crippen molar-refractivity contribution >= 4 is 15.7 Å². The maximum atomic E-state index is 11.3. The van der Waals surface area contributed by atoms with Crippen LogP contribution in [-0.2, 0) is 10.0 Å². The van der Waals surface area contributed by atoms with Crippen molar-refractivity contribution in [3.05, 3.63) is 41.8 Å². The van der Waals surface area contributed by atoms with Gasteiger partial charge in [0, 0.05) is 5.69 Å². The summed E-state index contributed by atoms with van der Waals surface area (Å²) in [6.45, 7) is 3.13.